The third-order valence-corrected chi connectivity index (χ3v) is 2.63. The molecule has 1 rings (SSSR count). The van der Waals surface area contributed by atoms with Crippen LogP contribution in [0.1, 0.15) is 18.4 Å². The van der Waals surface area contributed by atoms with Gasteiger partial charge in [0.25, 0.3) is 0 Å². The van der Waals surface area contributed by atoms with Gasteiger partial charge < -0.3 is 21.5 Å². The van der Waals surface area contributed by atoms with Crippen LogP contribution >= 0.6 is 0 Å². The molecule has 0 saturated carbocycles. The first-order valence-corrected chi connectivity index (χ1v) is 6.10. The van der Waals surface area contributed by atoms with Crippen LogP contribution in [0.15, 0.2) is 24.3 Å². The van der Waals surface area contributed by atoms with Crippen molar-refractivity contribution in [2.24, 2.45) is 5.73 Å². The maximum atomic E-state index is 12.0. The fourth-order valence-corrected chi connectivity index (χ4v) is 1.61. The Morgan fingerprint density at radius 2 is 1.95 bits per heavy atom. The van der Waals surface area contributed by atoms with Crippen molar-refractivity contribution < 1.29 is 14.7 Å². The second-order valence-corrected chi connectivity index (χ2v) is 4.29. The summed E-state index contributed by atoms with van der Waals surface area (Å²) in [7, 11) is 0. The number of carbonyl (C=O) groups excluding carboxylic acids is 1. The van der Waals surface area contributed by atoms with Gasteiger partial charge in [-0.25, -0.2) is 4.79 Å². The van der Waals surface area contributed by atoms with Gasteiger partial charge in [0, 0.05) is 5.69 Å². The molecule has 1 aromatic rings. The lowest BCUT2D eigenvalue weighted by atomic mass is 10.1. The van der Waals surface area contributed by atoms with Crippen LogP contribution in [-0.2, 0) is 4.79 Å². The molecule has 0 radical (unpaired) electrons. The van der Waals surface area contributed by atoms with Gasteiger partial charge in [-0.2, -0.15) is 0 Å². The first kappa shape index (κ1) is 15.0. The van der Waals surface area contributed by atoms with E-state index in [0.29, 0.717) is 25.1 Å². The minimum Gasteiger partial charge on any atom is -0.465 e. The van der Waals surface area contributed by atoms with Crippen LogP contribution in [0.4, 0.5) is 10.5 Å². The molecular weight excluding hydrogens is 246 g/mol. The summed E-state index contributed by atoms with van der Waals surface area (Å²) in [6.07, 6.45) is -0.270. The smallest absolute Gasteiger partial charge is 0.405 e. The van der Waals surface area contributed by atoms with E-state index in [-0.39, 0.29) is 5.91 Å². The lowest BCUT2D eigenvalue weighted by Gasteiger charge is -2.16. The molecule has 0 fully saturated rings. The van der Waals surface area contributed by atoms with E-state index >= 15 is 0 Å². The van der Waals surface area contributed by atoms with Crippen molar-refractivity contribution in [3.8, 4) is 0 Å². The molecule has 2 amide bonds. The fraction of sp³-hybridized carbons (Fsp3) is 0.385. The topological polar surface area (TPSA) is 104 Å². The summed E-state index contributed by atoms with van der Waals surface area (Å²) < 4.78 is 0. The lowest BCUT2D eigenvalue weighted by Crippen LogP contribution is -2.43. The molecule has 0 unspecified atom stereocenters. The van der Waals surface area contributed by atoms with E-state index in [1.54, 1.807) is 12.1 Å². The highest BCUT2D eigenvalue weighted by Crippen LogP contribution is 2.10. The Bertz CT molecular complexity index is 431. The Hall–Kier alpha value is -2.08. The zero-order valence-corrected chi connectivity index (χ0v) is 10.8. The van der Waals surface area contributed by atoms with Crippen molar-refractivity contribution in [2.75, 3.05) is 11.9 Å². The van der Waals surface area contributed by atoms with Crippen LogP contribution in [0.3, 0.4) is 0 Å². The molecule has 0 aliphatic rings. The average Bonchev–Trinajstić information content (AvgIpc) is 2.36. The quantitative estimate of drug-likeness (QED) is 0.622. The van der Waals surface area contributed by atoms with Gasteiger partial charge in [0.05, 0.1) is 0 Å². The van der Waals surface area contributed by atoms with Gasteiger partial charge in [0.2, 0.25) is 5.91 Å². The van der Waals surface area contributed by atoms with Crippen molar-refractivity contribution in [2.45, 2.75) is 25.8 Å². The largest absolute Gasteiger partial charge is 0.465 e. The number of anilines is 1. The number of hydrogen-bond acceptors (Lipinski definition) is 3. The molecule has 19 heavy (non-hydrogen) atoms. The molecule has 0 aromatic heterocycles. The van der Waals surface area contributed by atoms with Crippen molar-refractivity contribution >= 4 is 17.7 Å². The Kier molecular flexibility index (Phi) is 5.81. The fourth-order valence-electron chi connectivity index (χ4n) is 1.61. The van der Waals surface area contributed by atoms with Crippen molar-refractivity contribution in [3.63, 3.8) is 0 Å². The maximum absolute atomic E-state index is 12.0. The highest BCUT2D eigenvalue weighted by molar-refractivity contribution is 5.96. The number of carboxylic acid groups (broad SMARTS) is 1. The normalized spacial score (nSPS) is 11.7. The van der Waals surface area contributed by atoms with Gasteiger partial charge in [-0.05, 0) is 38.4 Å². The van der Waals surface area contributed by atoms with E-state index in [4.69, 9.17) is 10.8 Å². The van der Waals surface area contributed by atoms with Gasteiger partial charge in [-0.1, -0.05) is 17.7 Å². The van der Waals surface area contributed by atoms with Crippen molar-refractivity contribution in [1.29, 1.82) is 0 Å². The van der Waals surface area contributed by atoms with E-state index in [9.17, 15) is 9.59 Å². The van der Waals surface area contributed by atoms with Crippen LogP contribution < -0.4 is 16.4 Å². The number of nitrogens with two attached hydrogens (primary N) is 1. The molecule has 0 aliphatic heterocycles. The predicted octanol–water partition coefficient (Wildman–Crippen LogP) is 1.31. The number of hydrogen-bond donors (Lipinski definition) is 4. The van der Waals surface area contributed by atoms with Gasteiger partial charge in [-0.3, -0.25) is 4.79 Å². The summed E-state index contributed by atoms with van der Waals surface area (Å²) in [5.41, 5.74) is 7.09. The summed E-state index contributed by atoms with van der Waals surface area (Å²) in [4.78, 5) is 22.6. The molecule has 104 valence electrons. The monoisotopic (exact) mass is 265 g/mol. The van der Waals surface area contributed by atoms with E-state index in [1.165, 1.54) is 0 Å². The summed E-state index contributed by atoms with van der Waals surface area (Å²) in [5, 5.41) is 13.6. The first-order chi connectivity index (χ1) is 9.02. The Labute approximate surface area is 112 Å². The summed E-state index contributed by atoms with van der Waals surface area (Å²) in [6.45, 7) is 2.36. The standard InChI is InChI=1S/C13H19N3O3/c1-9-4-6-10(7-5-9)15-12(17)11(3-2-8-14)16-13(18)19/h4-7,11,16H,2-3,8,14H2,1H3,(H,15,17)(H,18,19)/t11-/m1/s1. The number of aryl methyl sites for hydroxylation is 1. The SMILES string of the molecule is Cc1ccc(NC(=O)[C@@H](CCCN)NC(=O)O)cc1. The van der Waals surface area contributed by atoms with Crippen LogP contribution in [0.2, 0.25) is 0 Å². The average molecular weight is 265 g/mol. The molecule has 5 N–H and O–H groups in total. The molecule has 0 aliphatic carbocycles. The molecule has 1 atom stereocenters. The number of carbonyl (C=O) groups is 2. The van der Waals surface area contributed by atoms with E-state index in [2.05, 4.69) is 10.6 Å². The number of benzene rings is 1. The van der Waals surface area contributed by atoms with E-state index in [1.807, 2.05) is 19.1 Å². The van der Waals surface area contributed by atoms with Crippen LogP contribution in [0.5, 0.6) is 0 Å². The molecule has 1 aromatic carbocycles. The molecule has 0 spiro atoms. The molecular formula is C13H19N3O3. The van der Waals surface area contributed by atoms with Crippen LogP contribution in [0.25, 0.3) is 0 Å². The Balaban J connectivity index is 2.64. The molecule has 0 bridgehead atoms. The zero-order chi connectivity index (χ0) is 14.3. The Morgan fingerprint density at radius 3 is 2.47 bits per heavy atom. The molecule has 0 saturated heterocycles. The zero-order valence-electron chi connectivity index (χ0n) is 10.8. The highest BCUT2D eigenvalue weighted by atomic mass is 16.4. The lowest BCUT2D eigenvalue weighted by molar-refractivity contribution is -0.118. The minimum absolute atomic E-state index is 0.375. The van der Waals surface area contributed by atoms with Gasteiger partial charge in [-0.15, -0.1) is 0 Å². The van der Waals surface area contributed by atoms with Crippen molar-refractivity contribution in [3.05, 3.63) is 29.8 Å². The van der Waals surface area contributed by atoms with Crippen LogP contribution in [0, 0.1) is 6.92 Å². The summed E-state index contributed by atoms with van der Waals surface area (Å²) in [6, 6.07) is 6.49. The summed E-state index contributed by atoms with van der Waals surface area (Å²) in [5.74, 6) is -0.375. The second-order valence-electron chi connectivity index (χ2n) is 4.29. The number of rotatable bonds is 6. The van der Waals surface area contributed by atoms with Crippen molar-refractivity contribution in [1.82, 2.24) is 5.32 Å². The van der Waals surface area contributed by atoms with E-state index < -0.39 is 12.1 Å². The molecule has 6 heteroatoms. The predicted molar refractivity (Wildman–Crippen MR) is 73.0 cm³/mol. The van der Waals surface area contributed by atoms with Crippen LogP contribution in [-0.4, -0.2) is 29.7 Å². The second kappa shape index (κ2) is 7.38. The molecule has 6 nitrogen and oxygen atoms in total. The Morgan fingerprint density at radius 1 is 1.32 bits per heavy atom. The number of amides is 2. The minimum atomic E-state index is -1.22. The third kappa shape index (κ3) is 5.39. The first-order valence-electron chi connectivity index (χ1n) is 6.10. The van der Waals surface area contributed by atoms with Gasteiger partial charge >= 0.3 is 6.09 Å². The van der Waals surface area contributed by atoms with E-state index in [0.717, 1.165) is 5.56 Å². The maximum Gasteiger partial charge on any atom is 0.405 e. The van der Waals surface area contributed by atoms with Gasteiger partial charge in [0.15, 0.2) is 0 Å². The third-order valence-electron chi connectivity index (χ3n) is 2.63. The molecule has 0 heterocycles. The van der Waals surface area contributed by atoms with Gasteiger partial charge in [0.1, 0.15) is 6.04 Å². The highest BCUT2D eigenvalue weighted by Gasteiger charge is 2.19. The number of nitrogens with one attached hydrogen (secondary N) is 2. The summed E-state index contributed by atoms with van der Waals surface area (Å²) >= 11 is 0.